The number of sulfonamides is 1. The van der Waals surface area contributed by atoms with Gasteiger partial charge in [-0.15, -0.1) is 3.89 Å². The molecule has 1 atom stereocenters. The SMILES string of the molecule is CN(C)S(=O)(=O)[N-]S(=O)(F)=NS(=O)(=O)C(F)(F)F.[Li+]. The summed E-state index contributed by atoms with van der Waals surface area (Å²) in [6, 6.07) is 0. The van der Waals surface area contributed by atoms with Crippen molar-refractivity contribution in [1.29, 1.82) is 0 Å². The number of halogens is 4. The van der Waals surface area contributed by atoms with E-state index in [2.05, 4.69) is 0 Å². The first-order valence-corrected chi connectivity index (χ1v) is 7.78. The third-order valence-electron chi connectivity index (χ3n) is 1.13. The predicted octanol–water partition coefficient (Wildman–Crippen LogP) is -2.71. The van der Waals surface area contributed by atoms with Crippen molar-refractivity contribution in [2.75, 3.05) is 14.1 Å². The van der Waals surface area contributed by atoms with Crippen LogP contribution < -0.4 is 18.9 Å². The van der Waals surface area contributed by atoms with Gasteiger partial charge in [0, 0.05) is 14.1 Å². The van der Waals surface area contributed by atoms with Crippen LogP contribution in [0.15, 0.2) is 3.77 Å². The van der Waals surface area contributed by atoms with Gasteiger partial charge in [-0.25, -0.2) is 16.9 Å². The van der Waals surface area contributed by atoms with E-state index in [1.165, 1.54) is 3.77 Å². The standard InChI is InChI=1S/C3H6F4N3O5S3.Li/c1-10(2)18(14,15)9-17(7,13)8-16(11,12)3(4,5)6;/h1-2H3;/q-1;+1. The minimum atomic E-state index is -6.46. The van der Waals surface area contributed by atoms with E-state index in [1.807, 2.05) is 4.13 Å². The van der Waals surface area contributed by atoms with Gasteiger partial charge in [0.2, 0.25) is 0 Å². The van der Waals surface area contributed by atoms with Gasteiger partial charge in [-0.05, 0) is 0 Å². The molecule has 0 heterocycles. The van der Waals surface area contributed by atoms with Gasteiger partial charge in [-0.2, -0.15) is 21.6 Å². The summed E-state index contributed by atoms with van der Waals surface area (Å²) in [5.74, 6) is 0. The summed E-state index contributed by atoms with van der Waals surface area (Å²) in [5, 5.41) is 0. The van der Waals surface area contributed by atoms with E-state index in [1.54, 1.807) is 0 Å². The Balaban J connectivity index is 0. The average molecular weight is 343 g/mol. The first kappa shape index (κ1) is 21.4. The fourth-order valence-corrected chi connectivity index (χ4v) is 3.48. The summed E-state index contributed by atoms with van der Waals surface area (Å²) >= 11 is 0. The fourth-order valence-electron chi connectivity index (χ4n) is 0.360. The molecule has 0 saturated heterocycles. The van der Waals surface area contributed by atoms with Gasteiger partial charge in [-0.3, -0.25) is 0 Å². The summed E-state index contributed by atoms with van der Waals surface area (Å²) in [6.07, 6.45) is 0. The Morgan fingerprint density at radius 3 is 1.68 bits per heavy atom. The second-order valence-corrected chi connectivity index (χ2v) is 7.86. The summed E-state index contributed by atoms with van der Waals surface area (Å²) in [6.45, 7) is 0. The zero-order valence-electron chi connectivity index (χ0n) is 9.62. The van der Waals surface area contributed by atoms with Crippen molar-refractivity contribution in [3.05, 3.63) is 4.13 Å². The molecule has 0 aliphatic heterocycles. The fraction of sp³-hybridized carbons (Fsp3) is 1.00. The molecule has 0 radical (unpaired) electrons. The molecule has 1 unspecified atom stereocenters. The number of alkyl halides is 3. The summed E-state index contributed by atoms with van der Waals surface area (Å²) < 4.78 is 105. The topological polar surface area (TPSA) is 115 Å². The second-order valence-electron chi connectivity index (χ2n) is 2.76. The van der Waals surface area contributed by atoms with E-state index < -0.39 is 36.0 Å². The molecule has 0 saturated carbocycles. The molecule has 0 aliphatic rings. The smallest absolute Gasteiger partial charge is 0.411 e. The molecule has 19 heavy (non-hydrogen) atoms. The van der Waals surface area contributed by atoms with E-state index in [-0.39, 0.29) is 23.2 Å². The maximum atomic E-state index is 12.9. The Labute approximate surface area is 119 Å². The predicted molar refractivity (Wildman–Crippen MR) is 52.6 cm³/mol. The zero-order valence-corrected chi connectivity index (χ0v) is 12.1. The summed E-state index contributed by atoms with van der Waals surface area (Å²) in [7, 11) is -15.7. The molecule has 0 bridgehead atoms. The maximum Gasteiger partial charge on any atom is 1.00 e. The molecule has 0 N–H and O–H groups in total. The van der Waals surface area contributed by atoms with E-state index in [0.29, 0.717) is 0 Å². The minimum Gasteiger partial charge on any atom is -0.411 e. The Morgan fingerprint density at radius 2 is 1.42 bits per heavy atom. The number of hydrogen-bond acceptors (Lipinski definition) is 5. The molecule has 0 rings (SSSR count). The van der Waals surface area contributed by atoms with E-state index in [9.17, 15) is 38.1 Å². The monoisotopic (exact) mass is 343 g/mol. The van der Waals surface area contributed by atoms with Crippen LogP contribution >= 0.6 is 0 Å². The Kier molecular flexibility index (Phi) is 7.03. The number of hydrogen-bond donors (Lipinski definition) is 0. The largest absolute Gasteiger partial charge is 1.00 e. The molecule has 110 valence electrons. The van der Waals surface area contributed by atoms with Crippen molar-refractivity contribution in [2.45, 2.75) is 5.51 Å². The number of nitrogens with zero attached hydrogens (tertiary/aromatic N) is 3. The van der Waals surface area contributed by atoms with Crippen LogP contribution in [0.3, 0.4) is 0 Å². The van der Waals surface area contributed by atoms with Crippen molar-refractivity contribution < 1.29 is 57.0 Å². The third-order valence-corrected chi connectivity index (χ3v) is 5.65. The molecule has 16 heteroatoms. The zero-order chi connectivity index (χ0) is 15.0. The van der Waals surface area contributed by atoms with Crippen LogP contribution in [0.2, 0.25) is 0 Å². The van der Waals surface area contributed by atoms with Crippen LogP contribution in [0.1, 0.15) is 0 Å². The van der Waals surface area contributed by atoms with Crippen molar-refractivity contribution in [3.63, 3.8) is 0 Å². The van der Waals surface area contributed by atoms with Crippen LogP contribution in [-0.4, -0.2) is 45.0 Å². The molecule has 0 spiro atoms. The quantitative estimate of drug-likeness (QED) is 0.313. The van der Waals surface area contributed by atoms with Crippen LogP contribution in [0.25, 0.3) is 4.13 Å². The van der Waals surface area contributed by atoms with Crippen LogP contribution in [0, 0.1) is 0 Å². The molecule has 0 aromatic heterocycles. The van der Waals surface area contributed by atoms with Gasteiger partial charge in [0.25, 0.3) is 0 Å². The van der Waals surface area contributed by atoms with Crippen molar-refractivity contribution in [2.24, 2.45) is 3.77 Å². The molecule has 0 amide bonds. The van der Waals surface area contributed by atoms with Gasteiger partial charge in [0.1, 0.15) is 10.2 Å². The average Bonchev–Trinajstić information content (AvgIpc) is 1.95. The molecular formula is C3H6F4LiN3O5S3. The normalized spacial score (nSPS) is 16.6. The Bertz CT molecular complexity index is 630. The maximum absolute atomic E-state index is 12.9. The summed E-state index contributed by atoms with van der Waals surface area (Å²) in [5.41, 5.74) is -6.01. The van der Waals surface area contributed by atoms with Crippen LogP contribution in [0.5, 0.6) is 0 Å². The Morgan fingerprint density at radius 1 is 1.05 bits per heavy atom. The molecule has 8 nitrogen and oxygen atoms in total. The molecule has 0 fully saturated rings. The first-order chi connectivity index (χ1) is 7.61. The first-order valence-electron chi connectivity index (χ1n) is 3.57. The minimum absolute atomic E-state index is 0. The van der Waals surface area contributed by atoms with Crippen LogP contribution in [-0.2, 0) is 30.5 Å². The van der Waals surface area contributed by atoms with E-state index >= 15 is 0 Å². The van der Waals surface area contributed by atoms with E-state index in [4.69, 9.17) is 0 Å². The van der Waals surface area contributed by atoms with Gasteiger partial charge in [-0.1, -0.05) is 3.77 Å². The molecule has 0 aliphatic carbocycles. The third kappa shape index (κ3) is 6.38. The van der Waals surface area contributed by atoms with Crippen molar-refractivity contribution in [3.8, 4) is 0 Å². The van der Waals surface area contributed by atoms with Crippen LogP contribution in [0.4, 0.5) is 17.1 Å². The van der Waals surface area contributed by atoms with Gasteiger partial charge >= 0.3 is 34.4 Å². The van der Waals surface area contributed by atoms with Crippen molar-refractivity contribution in [1.82, 2.24) is 4.31 Å². The molecular weight excluding hydrogens is 337 g/mol. The van der Waals surface area contributed by atoms with Gasteiger partial charge in [0.15, 0.2) is 10.3 Å². The van der Waals surface area contributed by atoms with E-state index in [0.717, 1.165) is 14.1 Å². The van der Waals surface area contributed by atoms with Gasteiger partial charge in [0.05, 0.1) is 0 Å². The molecule has 0 aromatic carbocycles. The van der Waals surface area contributed by atoms with Gasteiger partial charge < -0.3 is 4.13 Å². The number of rotatable bonds is 4. The summed E-state index contributed by atoms with van der Waals surface area (Å²) in [4.78, 5) is 0. The van der Waals surface area contributed by atoms with Crippen molar-refractivity contribution >= 4 is 30.5 Å². The Hall–Kier alpha value is 0.0874. The second kappa shape index (κ2) is 6.24. The molecule has 0 aromatic rings.